The molecule has 0 bridgehead atoms. The maximum Gasteiger partial charge on any atom is 0.240 e. The van der Waals surface area contributed by atoms with Gasteiger partial charge in [0, 0.05) is 24.9 Å². The molecule has 1 aromatic carbocycles. The first-order valence-corrected chi connectivity index (χ1v) is 7.03. The van der Waals surface area contributed by atoms with Gasteiger partial charge in [-0.05, 0) is 12.5 Å². The van der Waals surface area contributed by atoms with Crippen LogP contribution in [0.2, 0.25) is 0 Å². The first-order valence-electron chi connectivity index (χ1n) is 7.03. The zero-order valence-electron chi connectivity index (χ0n) is 11.3. The molecule has 0 aromatic heterocycles. The van der Waals surface area contributed by atoms with E-state index in [-0.39, 0.29) is 24.4 Å². The number of para-hydroxylation sites is 1. The highest BCUT2D eigenvalue weighted by atomic mass is 16.5. The molecule has 1 atom stereocenters. The molecule has 0 spiro atoms. The molecule has 106 valence electrons. The van der Waals surface area contributed by atoms with E-state index < -0.39 is 0 Å². The van der Waals surface area contributed by atoms with E-state index in [0.717, 1.165) is 24.2 Å². The molecule has 5 nitrogen and oxygen atoms in total. The van der Waals surface area contributed by atoms with Crippen LogP contribution in [-0.2, 0) is 9.59 Å². The summed E-state index contributed by atoms with van der Waals surface area (Å²) in [5, 5.41) is 3.01. The van der Waals surface area contributed by atoms with Gasteiger partial charge in [-0.2, -0.15) is 0 Å². The van der Waals surface area contributed by atoms with E-state index in [1.807, 2.05) is 24.3 Å². The van der Waals surface area contributed by atoms with Crippen molar-refractivity contribution in [2.24, 2.45) is 0 Å². The predicted octanol–water partition coefficient (Wildman–Crippen LogP) is 1.25. The summed E-state index contributed by atoms with van der Waals surface area (Å²) in [5.41, 5.74) is 1.01. The number of fused-ring (bicyclic) bond motifs is 1. The van der Waals surface area contributed by atoms with Crippen molar-refractivity contribution in [1.82, 2.24) is 10.2 Å². The summed E-state index contributed by atoms with van der Waals surface area (Å²) in [6.07, 6.45) is 2.18. The Bertz CT molecular complexity index is 530. The summed E-state index contributed by atoms with van der Waals surface area (Å²) in [6.45, 7) is 1.46. The number of nitrogens with zero attached hydrogens (tertiary/aromatic N) is 1. The van der Waals surface area contributed by atoms with Crippen molar-refractivity contribution in [3.63, 3.8) is 0 Å². The SMILES string of the molecule is O=C(CN1CCCC1=O)N[C@@H]1CCOc2ccccc21. The Balaban J connectivity index is 1.63. The van der Waals surface area contributed by atoms with Gasteiger partial charge in [-0.25, -0.2) is 0 Å². The largest absolute Gasteiger partial charge is 0.493 e. The van der Waals surface area contributed by atoms with E-state index in [4.69, 9.17) is 4.74 Å². The number of benzene rings is 1. The van der Waals surface area contributed by atoms with Gasteiger partial charge in [0.2, 0.25) is 11.8 Å². The van der Waals surface area contributed by atoms with E-state index in [1.54, 1.807) is 4.90 Å². The minimum Gasteiger partial charge on any atom is -0.493 e. The van der Waals surface area contributed by atoms with Crippen LogP contribution in [0.25, 0.3) is 0 Å². The monoisotopic (exact) mass is 274 g/mol. The average molecular weight is 274 g/mol. The van der Waals surface area contributed by atoms with Crippen LogP contribution in [0.3, 0.4) is 0 Å². The molecule has 0 saturated carbocycles. The number of nitrogens with one attached hydrogen (secondary N) is 1. The third kappa shape index (κ3) is 2.61. The lowest BCUT2D eigenvalue weighted by atomic mass is 10.0. The normalized spacial score (nSPS) is 21.3. The van der Waals surface area contributed by atoms with Crippen LogP contribution in [0, 0.1) is 0 Å². The smallest absolute Gasteiger partial charge is 0.240 e. The van der Waals surface area contributed by atoms with Crippen molar-refractivity contribution in [3.05, 3.63) is 29.8 Å². The number of likely N-dealkylation sites (tertiary alicyclic amines) is 1. The minimum atomic E-state index is -0.0954. The lowest BCUT2D eigenvalue weighted by Gasteiger charge is -2.27. The highest BCUT2D eigenvalue weighted by Crippen LogP contribution is 2.31. The summed E-state index contributed by atoms with van der Waals surface area (Å²) in [7, 11) is 0. The topological polar surface area (TPSA) is 58.6 Å². The van der Waals surface area contributed by atoms with Crippen molar-refractivity contribution < 1.29 is 14.3 Å². The van der Waals surface area contributed by atoms with Gasteiger partial charge in [0.15, 0.2) is 0 Å². The van der Waals surface area contributed by atoms with E-state index >= 15 is 0 Å². The third-order valence-electron chi connectivity index (χ3n) is 3.80. The summed E-state index contributed by atoms with van der Waals surface area (Å²) in [4.78, 5) is 25.2. The molecule has 1 saturated heterocycles. The fourth-order valence-electron chi connectivity index (χ4n) is 2.78. The highest BCUT2D eigenvalue weighted by molar-refractivity contribution is 5.86. The van der Waals surface area contributed by atoms with E-state index in [0.29, 0.717) is 19.6 Å². The Morgan fingerprint density at radius 3 is 3.05 bits per heavy atom. The fourth-order valence-corrected chi connectivity index (χ4v) is 2.78. The van der Waals surface area contributed by atoms with Gasteiger partial charge >= 0.3 is 0 Å². The van der Waals surface area contributed by atoms with Crippen molar-refractivity contribution in [2.45, 2.75) is 25.3 Å². The summed E-state index contributed by atoms with van der Waals surface area (Å²) < 4.78 is 5.57. The van der Waals surface area contributed by atoms with Gasteiger partial charge in [-0.3, -0.25) is 9.59 Å². The van der Waals surface area contributed by atoms with Crippen LogP contribution in [0.1, 0.15) is 30.9 Å². The molecule has 0 radical (unpaired) electrons. The molecule has 1 N–H and O–H groups in total. The van der Waals surface area contributed by atoms with Gasteiger partial charge in [-0.15, -0.1) is 0 Å². The van der Waals surface area contributed by atoms with E-state index in [1.165, 1.54) is 0 Å². The highest BCUT2D eigenvalue weighted by Gasteiger charge is 2.26. The maximum absolute atomic E-state index is 12.1. The molecule has 2 aliphatic heterocycles. The maximum atomic E-state index is 12.1. The fraction of sp³-hybridized carbons (Fsp3) is 0.467. The number of ether oxygens (including phenoxy) is 1. The van der Waals surface area contributed by atoms with Crippen molar-refractivity contribution in [1.29, 1.82) is 0 Å². The Hall–Kier alpha value is -2.04. The first-order chi connectivity index (χ1) is 9.74. The number of carbonyl (C=O) groups is 2. The van der Waals surface area contributed by atoms with Crippen molar-refractivity contribution >= 4 is 11.8 Å². The van der Waals surface area contributed by atoms with Crippen LogP contribution in [0.15, 0.2) is 24.3 Å². The second-order valence-corrected chi connectivity index (χ2v) is 5.21. The molecule has 1 fully saturated rings. The number of amides is 2. The second-order valence-electron chi connectivity index (χ2n) is 5.21. The van der Waals surface area contributed by atoms with Crippen LogP contribution in [0.5, 0.6) is 5.75 Å². The summed E-state index contributed by atoms with van der Waals surface area (Å²) >= 11 is 0. The number of hydrogen-bond donors (Lipinski definition) is 1. The quantitative estimate of drug-likeness (QED) is 0.902. The summed E-state index contributed by atoms with van der Waals surface area (Å²) in [5.74, 6) is 0.816. The molecule has 1 aromatic rings. The third-order valence-corrected chi connectivity index (χ3v) is 3.80. The molecular weight excluding hydrogens is 256 g/mol. The molecule has 0 aliphatic carbocycles. The van der Waals surface area contributed by atoms with Crippen LogP contribution in [0.4, 0.5) is 0 Å². The molecule has 5 heteroatoms. The lowest BCUT2D eigenvalue weighted by molar-refractivity contribution is -0.133. The number of carbonyl (C=O) groups excluding carboxylic acids is 2. The molecule has 2 heterocycles. The zero-order chi connectivity index (χ0) is 13.9. The molecule has 20 heavy (non-hydrogen) atoms. The Labute approximate surface area is 117 Å². The van der Waals surface area contributed by atoms with Crippen LogP contribution in [-0.4, -0.2) is 36.4 Å². The van der Waals surface area contributed by atoms with Gasteiger partial charge in [0.25, 0.3) is 0 Å². The van der Waals surface area contributed by atoms with Gasteiger partial charge in [0.1, 0.15) is 5.75 Å². The van der Waals surface area contributed by atoms with E-state index in [9.17, 15) is 9.59 Å². The molecule has 0 unspecified atom stereocenters. The first kappa shape index (κ1) is 13.0. The predicted molar refractivity (Wildman–Crippen MR) is 73.3 cm³/mol. The Morgan fingerprint density at radius 2 is 2.25 bits per heavy atom. The minimum absolute atomic E-state index is 0.0230. The van der Waals surface area contributed by atoms with Gasteiger partial charge < -0.3 is 15.0 Å². The number of rotatable bonds is 3. The van der Waals surface area contributed by atoms with Crippen LogP contribution < -0.4 is 10.1 Å². The Morgan fingerprint density at radius 1 is 1.40 bits per heavy atom. The standard InChI is InChI=1S/C15H18N2O3/c18-14(10-17-8-3-6-15(17)19)16-12-7-9-20-13-5-2-1-4-11(12)13/h1-2,4-5,12H,3,6-10H2,(H,16,18)/t12-/m1/s1. The number of hydrogen-bond acceptors (Lipinski definition) is 3. The molecule has 2 amide bonds. The molecular formula is C15H18N2O3. The van der Waals surface area contributed by atoms with Gasteiger partial charge in [-0.1, -0.05) is 18.2 Å². The van der Waals surface area contributed by atoms with Gasteiger partial charge in [0.05, 0.1) is 19.2 Å². The lowest BCUT2D eigenvalue weighted by Crippen LogP contribution is -2.40. The average Bonchev–Trinajstić information content (AvgIpc) is 2.85. The summed E-state index contributed by atoms with van der Waals surface area (Å²) in [6, 6.07) is 7.73. The molecule has 2 aliphatic rings. The van der Waals surface area contributed by atoms with Crippen molar-refractivity contribution in [2.75, 3.05) is 19.7 Å². The van der Waals surface area contributed by atoms with Crippen molar-refractivity contribution in [3.8, 4) is 5.75 Å². The Kier molecular flexibility index (Phi) is 3.58. The molecule has 3 rings (SSSR count). The zero-order valence-corrected chi connectivity index (χ0v) is 11.3. The van der Waals surface area contributed by atoms with E-state index in [2.05, 4.69) is 5.32 Å². The van der Waals surface area contributed by atoms with Crippen LogP contribution >= 0.6 is 0 Å². The second kappa shape index (κ2) is 5.53.